The second kappa shape index (κ2) is 11.5. The highest BCUT2D eigenvalue weighted by Crippen LogP contribution is 2.52. The van der Waals surface area contributed by atoms with Crippen molar-refractivity contribution < 1.29 is 24.2 Å². The summed E-state index contributed by atoms with van der Waals surface area (Å²) in [6.07, 6.45) is 7.84. The number of piperidine rings is 1. The molecule has 3 atom stereocenters. The van der Waals surface area contributed by atoms with Crippen molar-refractivity contribution in [3.63, 3.8) is 0 Å². The molecule has 38 heavy (non-hydrogen) atoms. The first-order valence-electron chi connectivity index (χ1n) is 13.1. The van der Waals surface area contributed by atoms with Gasteiger partial charge in [0.25, 0.3) is 0 Å². The van der Waals surface area contributed by atoms with Gasteiger partial charge in [-0.1, -0.05) is 30.3 Å². The zero-order valence-electron chi connectivity index (χ0n) is 22.6. The number of carbonyl (C=O) groups excluding carboxylic acids is 2. The Bertz CT molecular complexity index is 1210. The van der Waals surface area contributed by atoms with E-state index in [-0.39, 0.29) is 17.9 Å². The highest BCUT2D eigenvalue weighted by molar-refractivity contribution is 5.91. The SMILES string of the molecule is C=CCN1CC[C@@]2(c3cccc(OC(C)=O)c3)C[C@H](N(C)C(=O)C=Cc3cccc(OC)c3)CC[C@]2(O)C1. The maximum Gasteiger partial charge on any atom is 0.308 e. The highest BCUT2D eigenvalue weighted by Gasteiger charge is 2.58. The van der Waals surface area contributed by atoms with Crippen molar-refractivity contribution in [2.45, 2.75) is 49.7 Å². The number of esters is 1. The van der Waals surface area contributed by atoms with Gasteiger partial charge in [0.1, 0.15) is 11.5 Å². The van der Waals surface area contributed by atoms with E-state index in [0.29, 0.717) is 38.1 Å². The van der Waals surface area contributed by atoms with Crippen LogP contribution in [0.2, 0.25) is 0 Å². The van der Waals surface area contributed by atoms with Crippen molar-refractivity contribution in [3.8, 4) is 11.5 Å². The van der Waals surface area contributed by atoms with E-state index in [4.69, 9.17) is 9.47 Å². The number of amides is 1. The van der Waals surface area contributed by atoms with E-state index in [1.165, 1.54) is 6.92 Å². The van der Waals surface area contributed by atoms with E-state index in [1.54, 1.807) is 30.2 Å². The summed E-state index contributed by atoms with van der Waals surface area (Å²) in [6, 6.07) is 15.0. The third kappa shape index (κ3) is 5.69. The molecule has 1 N–H and O–H groups in total. The first-order valence-corrected chi connectivity index (χ1v) is 13.1. The van der Waals surface area contributed by atoms with Crippen LogP contribution in [0.15, 0.2) is 67.3 Å². The lowest BCUT2D eigenvalue weighted by Crippen LogP contribution is -2.67. The van der Waals surface area contributed by atoms with E-state index in [1.807, 2.05) is 55.6 Å². The quantitative estimate of drug-likeness (QED) is 0.244. The highest BCUT2D eigenvalue weighted by atomic mass is 16.5. The molecule has 1 heterocycles. The molecule has 1 aliphatic carbocycles. The van der Waals surface area contributed by atoms with Crippen molar-refractivity contribution in [2.24, 2.45) is 0 Å². The van der Waals surface area contributed by atoms with E-state index in [2.05, 4.69) is 11.5 Å². The number of hydrogen-bond donors (Lipinski definition) is 1. The molecule has 2 aromatic carbocycles. The Morgan fingerprint density at radius 2 is 1.95 bits per heavy atom. The largest absolute Gasteiger partial charge is 0.497 e. The Kier molecular flexibility index (Phi) is 8.38. The van der Waals surface area contributed by atoms with Gasteiger partial charge in [-0.2, -0.15) is 0 Å². The Hall–Kier alpha value is -3.42. The molecule has 0 unspecified atom stereocenters. The summed E-state index contributed by atoms with van der Waals surface area (Å²) in [4.78, 5) is 28.9. The molecule has 2 aliphatic rings. The molecule has 0 spiro atoms. The van der Waals surface area contributed by atoms with Crippen LogP contribution in [-0.2, 0) is 15.0 Å². The lowest BCUT2D eigenvalue weighted by atomic mass is 9.55. The number of fused-ring (bicyclic) bond motifs is 1. The standard InChI is InChI=1S/C31H38N2O5/c1-5-17-33-18-16-30(25-9-7-11-28(20-25)38-23(2)34)21-26(14-15-31(30,36)22-33)32(3)29(35)13-12-24-8-6-10-27(19-24)37-4/h5-13,19-20,26,36H,1,14-18,21-22H2,2-4H3/t26-,30+,31+/m1/s1. The van der Waals surface area contributed by atoms with Crippen molar-refractivity contribution in [1.29, 1.82) is 0 Å². The summed E-state index contributed by atoms with van der Waals surface area (Å²) in [7, 11) is 3.45. The minimum absolute atomic E-state index is 0.0546. The number of aliphatic hydroxyl groups is 1. The van der Waals surface area contributed by atoms with Gasteiger partial charge in [0.05, 0.1) is 12.7 Å². The molecule has 0 aromatic heterocycles. The maximum absolute atomic E-state index is 13.2. The van der Waals surface area contributed by atoms with Gasteiger partial charge in [-0.15, -0.1) is 6.58 Å². The van der Waals surface area contributed by atoms with Gasteiger partial charge < -0.3 is 19.5 Å². The van der Waals surface area contributed by atoms with Crippen LogP contribution < -0.4 is 9.47 Å². The number of nitrogens with zero attached hydrogens (tertiary/aromatic N) is 2. The van der Waals surface area contributed by atoms with Crippen molar-refractivity contribution >= 4 is 18.0 Å². The molecular weight excluding hydrogens is 480 g/mol. The van der Waals surface area contributed by atoms with E-state index < -0.39 is 11.0 Å². The van der Waals surface area contributed by atoms with E-state index >= 15 is 0 Å². The second-order valence-electron chi connectivity index (χ2n) is 10.5. The molecule has 202 valence electrons. The molecule has 4 rings (SSSR count). The minimum Gasteiger partial charge on any atom is -0.497 e. The summed E-state index contributed by atoms with van der Waals surface area (Å²) in [5.74, 6) is 0.731. The van der Waals surface area contributed by atoms with Crippen LogP contribution in [0.5, 0.6) is 11.5 Å². The maximum atomic E-state index is 13.2. The molecule has 7 heteroatoms. The average molecular weight is 519 g/mol. The second-order valence-corrected chi connectivity index (χ2v) is 10.5. The Morgan fingerprint density at radius 1 is 1.18 bits per heavy atom. The molecule has 7 nitrogen and oxygen atoms in total. The fraction of sp³-hybridized carbons (Fsp3) is 0.419. The van der Waals surface area contributed by atoms with Crippen LogP contribution in [0.3, 0.4) is 0 Å². The molecule has 1 saturated carbocycles. The zero-order chi connectivity index (χ0) is 27.3. The normalized spacial score (nSPS) is 25.4. The monoisotopic (exact) mass is 518 g/mol. The predicted octanol–water partition coefficient (Wildman–Crippen LogP) is 4.21. The van der Waals surface area contributed by atoms with Crippen LogP contribution in [0.25, 0.3) is 6.08 Å². The molecule has 1 saturated heterocycles. The fourth-order valence-corrected chi connectivity index (χ4v) is 6.14. The number of likely N-dealkylation sites (tertiary alicyclic amines) is 1. The summed E-state index contributed by atoms with van der Waals surface area (Å²) < 4.78 is 10.7. The van der Waals surface area contributed by atoms with Gasteiger partial charge in [0.15, 0.2) is 0 Å². The predicted molar refractivity (Wildman–Crippen MR) is 148 cm³/mol. The summed E-state index contributed by atoms with van der Waals surface area (Å²) in [5.41, 5.74) is 0.251. The van der Waals surface area contributed by atoms with Crippen LogP contribution >= 0.6 is 0 Å². The molecule has 1 amide bonds. The van der Waals surface area contributed by atoms with E-state index in [0.717, 1.165) is 29.8 Å². The number of likely N-dealkylation sites (N-methyl/N-ethyl adjacent to an activating group) is 1. The van der Waals surface area contributed by atoms with Gasteiger partial charge >= 0.3 is 5.97 Å². The molecule has 0 radical (unpaired) electrons. The summed E-state index contributed by atoms with van der Waals surface area (Å²) in [5, 5.41) is 12.2. The number of ether oxygens (including phenoxy) is 2. The Balaban J connectivity index is 1.61. The number of carbonyl (C=O) groups is 2. The third-order valence-electron chi connectivity index (χ3n) is 8.15. The van der Waals surface area contributed by atoms with Crippen molar-refractivity contribution in [3.05, 3.63) is 78.4 Å². The average Bonchev–Trinajstić information content (AvgIpc) is 2.91. The van der Waals surface area contributed by atoms with Crippen LogP contribution in [0, 0.1) is 0 Å². The lowest BCUT2D eigenvalue weighted by Gasteiger charge is -2.59. The minimum atomic E-state index is -0.986. The van der Waals surface area contributed by atoms with Crippen LogP contribution in [-0.4, -0.2) is 72.2 Å². The molecular formula is C31H38N2O5. The zero-order valence-corrected chi connectivity index (χ0v) is 22.6. The summed E-state index contributed by atoms with van der Waals surface area (Å²) >= 11 is 0. The third-order valence-corrected chi connectivity index (χ3v) is 8.15. The molecule has 2 fully saturated rings. The van der Waals surface area contributed by atoms with Gasteiger partial charge in [-0.3, -0.25) is 14.5 Å². The molecule has 1 aliphatic heterocycles. The number of benzene rings is 2. The lowest BCUT2D eigenvalue weighted by molar-refractivity contribution is -0.143. The Labute approximate surface area is 225 Å². The smallest absolute Gasteiger partial charge is 0.308 e. The van der Waals surface area contributed by atoms with Gasteiger partial charge in [0, 0.05) is 44.6 Å². The number of rotatable bonds is 8. The number of β-amino-alcohol motifs (C(OH)–C–C–N with tert-alkyl or cyclic N) is 1. The number of hydrogen-bond acceptors (Lipinski definition) is 6. The van der Waals surface area contributed by atoms with Gasteiger partial charge in [-0.05, 0) is 73.7 Å². The van der Waals surface area contributed by atoms with Gasteiger partial charge in [-0.25, -0.2) is 0 Å². The molecule has 2 aromatic rings. The number of methoxy groups -OCH3 is 1. The molecule has 0 bridgehead atoms. The first kappa shape index (κ1) is 27.6. The van der Waals surface area contributed by atoms with E-state index in [9.17, 15) is 14.7 Å². The summed E-state index contributed by atoms with van der Waals surface area (Å²) in [6.45, 7) is 7.28. The van der Waals surface area contributed by atoms with Gasteiger partial charge in [0.2, 0.25) is 5.91 Å². The van der Waals surface area contributed by atoms with Crippen LogP contribution in [0.1, 0.15) is 43.7 Å². The topological polar surface area (TPSA) is 79.3 Å². The fourth-order valence-electron chi connectivity index (χ4n) is 6.14. The Morgan fingerprint density at radius 3 is 2.68 bits per heavy atom. The van der Waals surface area contributed by atoms with Crippen molar-refractivity contribution in [2.75, 3.05) is 33.8 Å². The van der Waals surface area contributed by atoms with Crippen molar-refractivity contribution in [1.82, 2.24) is 9.80 Å². The van der Waals surface area contributed by atoms with Crippen LogP contribution in [0.4, 0.5) is 0 Å². The first-order chi connectivity index (χ1) is 18.2.